The molecule has 12 heteroatoms. The first kappa shape index (κ1) is 23.1. The highest BCUT2D eigenvalue weighted by atomic mass is 19.4. The number of nitrogens with zero attached hydrogens (tertiary/aromatic N) is 3. The van der Waals surface area contributed by atoms with Crippen molar-refractivity contribution >= 4 is 33.5 Å². The monoisotopic (exact) mass is 473 g/mol. The lowest BCUT2D eigenvalue weighted by Crippen LogP contribution is -2.28. The third kappa shape index (κ3) is 3.91. The Morgan fingerprint density at radius 2 is 1.94 bits per heavy atom. The molecule has 0 unspecified atom stereocenters. The lowest BCUT2D eigenvalue weighted by Gasteiger charge is -2.15. The van der Waals surface area contributed by atoms with Crippen molar-refractivity contribution < 1.29 is 22.4 Å². The Bertz CT molecular complexity index is 1430. The molecule has 0 bridgehead atoms. The van der Waals surface area contributed by atoms with Crippen molar-refractivity contribution in [1.29, 1.82) is 5.41 Å². The summed E-state index contributed by atoms with van der Waals surface area (Å²) in [6.45, 7) is 5.25. The number of hydrogen-bond acceptors (Lipinski definition) is 8. The van der Waals surface area contributed by atoms with Crippen molar-refractivity contribution in [3.8, 4) is 16.9 Å². The number of aryl methyl sites for hydroxylation is 3. The molecule has 4 rings (SSSR count). The Labute approximate surface area is 191 Å². The fraction of sp³-hybridized carbons (Fsp3) is 0.273. The van der Waals surface area contributed by atoms with E-state index in [0.717, 1.165) is 17.3 Å². The minimum atomic E-state index is -4.84. The molecule has 0 saturated carbocycles. The number of alkyl halides is 3. The Hall–Kier alpha value is -4.09. The Balaban J connectivity index is 1.95. The highest BCUT2D eigenvalue weighted by Crippen LogP contribution is 2.40. The first-order valence-corrected chi connectivity index (χ1v) is 10.2. The predicted octanol–water partition coefficient (Wildman–Crippen LogP) is 4.75. The number of H-pyrrole nitrogens is 1. The number of allylic oxidation sites excluding steroid dienone is 1. The van der Waals surface area contributed by atoms with Crippen LogP contribution in [-0.2, 0) is 0 Å². The smallest absolute Gasteiger partial charge is 0.434 e. The van der Waals surface area contributed by atoms with E-state index in [2.05, 4.69) is 30.7 Å². The first-order chi connectivity index (χ1) is 16.0. The van der Waals surface area contributed by atoms with Gasteiger partial charge in [-0.2, -0.15) is 13.2 Å². The van der Waals surface area contributed by atoms with Crippen LogP contribution in [0.2, 0.25) is 0 Å². The van der Waals surface area contributed by atoms with Crippen LogP contribution in [0.25, 0.3) is 33.1 Å². The standard InChI is InChI=1S/C22H22F3N7O2/c1-9-17(10(2)34-32-9)13-6-14-12(7-16(13)33-5)18-20(30-14)28-11(3)29-21(18)31-15(8-27-4)19(26)22(23,24)25/h6-8,26-27H,1-5H3,(H2,28,29,30,31)/b15-8+,26-19?. The van der Waals surface area contributed by atoms with E-state index in [1.807, 2.05) is 13.0 Å². The lowest BCUT2D eigenvalue weighted by molar-refractivity contribution is -0.0589. The number of aromatic amines is 1. The molecule has 4 aromatic rings. The van der Waals surface area contributed by atoms with E-state index in [0.29, 0.717) is 45.0 Å². The number of fused-ring (bicyclic) bond motifs is 3. The fourth-order valence-corrected chi connectivity index (χ4v) is 3.85. The van der Waals surface area contributed by atoms with Gasteiger partial charge >= 0.3 is 6.18 Å². The summed E-state index contributed by atoms with van der Waals surface area (Å²) < 4.78 is 50.7. The third-order valence-electron chi connectivity index (χ3n) is 5.28. The van der Waals surface area contributed by atoms with Crippen LogP contribution < -0.4 is 15.4 Å². The number of methoxy groups -OCH3 is 1. The van der Waals surface area contributed by atoms with Crippen LogP contribution >= 0.6 is 0 Å². The maximum Gasteiger partial charge on any atom is 0.434 e. The van der Waals surface area contributed by atoms with Crippen molar-refractivity contribution in [2.45, 2.75) is 26.9 Å². The van der Waals surface area contributed by atoms with Gasteiger partial charge < -0.3 is 24.9 Å². The molecule has 0 spiro atoms. The van der Waals surface area contributed by atoms with Crippen molar-refractivity contribution in [3.05, 3.63) is 41.3 Å². The first-order valence-electron chi connectivity index (χ1n) is 10.2. The molecule has 0 saturated heterocycles. The van der Waals surface area contributed by atoms with Gasteiger partial charge in [-0.05, 0) is 32.9 Å². The number of nitrogens with one attached hydrogen (secondary N) is 4. The summed E-state index contributed by atoms with van der Waals surface area (Å²) in [5.74, 6) is 1.60. The van der Waals surface area contributed by atoms with Crippen LogP contribution in [0.3, 0.4) is 0 Å². The van der Waals surface area contributed by atoms with Gasteiger partial charge in [0.05, 0.1) is 29.5 Å². The van der Waals surface area contributed by atoms with Gasteiger partial charge in [-0.3, -0.25) is 5.41 Å². The summed E-state index contributed by atoms with van der Waals surface area (Å²) in [7, 11) is 2.97. The maximum absolute atomic E-state index is 13.3. The topological polar surface area (TPSA) is 125 Å². The zero-order chi connectivity index (χ0) is 24.8. The van der Waals surface area contributed by atoms with Crippen LogP contribution in [0.4, 0.5) is 19.0 Å². The molecule has 0 aliphatic heterocycles. The van der Waals surface area contributed by atoms with Crippen molar-refractivity contribution in [2.24, 2.45) is 0 Å². The van der Waals surface area contributed by atoms with Gasteiger partial charge in [-0.25, -0.2) is 9.97 Å². The van der Waals surface area contributed by atoms with E-state index in [1.54, 1.807) is 19.9 Å². The second-order valence-corrected chi connectivity index (χ2v) is 7.61. The number of aromatic nitrogens is 4. The summed E-state index contributed by atoms with van der Waals surface area (Å²) in [5.41, 5.74) is 1.29. The molecule has 9 nitrogen and oxygen atoms in total. The molecule has 1 aromatic carbocycles. The van der Waals surface area contributed by atoms with Gasteiger partial charge in [0.25, 0.3) is 0 Å². The number of ether oxygens (including phenoxy) is 1. The van der Waals surface area contributed by atoms with E-state index in [9.17, 15) is 13.2 Å². The summed E-state index contributed by atoms with van der Waals surface area (Å²) in [6, 6.07) is 3.61. The SMILES string of the molecule is CN/C=C(/Nc1nc(C)nc2[nH]c3cc(-c4c(C)noc4C)c(OC)cc3c12)C(=N)C(F)(F)F. The third-order valence-corrected chi connectivity index (χ3v) is 5.28. The highest BCUT2D eigenvalue weighted by Gasteiger charge is 2.37. The molecule has 0 fully saturated rings. The Morgan fingerprint density at radius 3 is 2.53 bits per heavy atom. The molecular weight excluding hydrogens is 451 g/mol. The summed E-state index contributed by atoms with van der Waals surface area (Å²) >= 11 is 0. The number of halogens is 3. The van der Waals surface area contributed by atoms with Crippen LogP contribution in [0, 0.1) is 26.2 Å². The van der Waals surface area contributed by atoms with Gasteiger partial charge in [-0.1, -0.05) is 5.16 Å². The normalized spacial score (nSPS) is 12.4. The van der Waals surface area contributed by atoms with Crippen LogP contribution in [-0.4, -0.2) is 46.2 Å². The van der Waals surface area contributed by atoms with Crippen LogP contribution in [0.5, 0.6) is 5.75 Å². The fourth-order valence-electron chi connectivity index (χ4n) is 3.85. The molecular formula is C22H22F3N7O2. The average molecular weight is 473 g/mol. The van der Waals surface area contributed by atoms with Gasteiger partial charge in [0, 0.05) is 29.7 Å². The summed E-state index contributed by atoms with van der Waals surface area (Å²) in [6.07, 6.45) is -3.78. The van der Waals surface area contributed by atoms with Crippen molar-refractivity contribution in [1.82, 2.24) is 25.4 Å². The molecule has 0 aliphatic carbocycles. The van der Waals surface area contributed by atoms with Crippen LogP contribution in [0.1, 0.15) is 17.3 Å². The maximum atomic E-state index is 13.3. The van der Waals surface area contributed by atoms with E-state index in [4.69, 9.17) is 14.7 Å². The number of hydrogen-bond donors (Lipinski definition) is 4. The molecule has 4 N–H and O–H groups in total. The van der Waals surface area contributed by atoms with E-state index in [1.165, 1.54) is 14.2 Å². The molecule has 0 amide bonds. The number of rotatable bonds is 6. The predicted molar refractivity (Wildman–Crippen MR) is 122 cm³/mol. The van der Waals surface area contributed by atoms with Gasteiger partial charge in [-0.15, -0.1) is 0 Å². The molecule has 3 heterocycles. The molecule has 178 valence electrons. The van der Waals surface area contributed by atoms with E-state index in [-0.39, 0.29) is 5.82 Å². The molecule has 0 atom stereocenters. The number of anilines is 1. The Morgan fingerprint density at radius 1 is 1.21 bits per heavy atom. The van der Waals surface area contributed by atoms with Crippen LogP contribution in [0.15, 0.2) is 28.6 Å². The largest absolute Gasteiger partial charge is 0.496 e. The van der Waals surface area contributed by atoms with Crippen molar-refractivity contribution in [3.63, 3.8) is 0 Å². The zero-order valence-electron chi connectivity index (χ0n) is 19.0. The molecule has 0 radical (unpaired) electrons. The van der Waals surface area contributed by atoms with Gasteiger partial charge in [0.1, 0.15) is 28.8 Å². The van der Waals surface area contributed by atoms with E-state index < -0.39 is 17.6 Å². The lowest BCUT2D eigenvalue weighted by atomic mass is 10.0. The summed E-state index contributed by atoms with van der Waals surface area (Å²) in [4.78, 5) is 11.9. The molecule has 0 aliphatic rings. The quantitative estimate of drug-likeness (QED) is 0.298. The Kier molecular flexibility index (Phi) is 5.67. The second-order valence-electron chi connectivity index (χ2n) is 7.61. The van der Waals surface area contributed by atoms with E-state index >= 15 is 0 Å². The zero-order valence-corrected chi connectivity index (χ0v) is 19.0. The summed E-state index contributed by atoms with van der Waals surface area (Å²) in [5, 5.41) is 17.9. The number of benzene rings is 1. The highest BCUT2D eigenvalue weighted by molar-refractivity contribution is 6.14. The molecule has 3 aromatic heterocycles. The second kappa shape index (κ2) is 8.36. The minimum absolute atomic E-state index is 0.122. The molecule has 34 heavy (non-hydrogen) atoms. The average Bonchev–Trinajstić information content (AvgIpc) is 3.29. The van der Waals surface area contributed by atoms with Gasteiger partial charge in [0.15, 0.2) is 5.71 Å². The van der Waals surface area contributed by atoms with Crippen molar-refractivity contribution in [2.75, 3.05) is 19.5 Å². The minimum Gasteiger partial charge on any atom is -0.496 e. The van der Waals surface area contributed by atoms with Gasteiger partial charge in [0.2, 0.25) is 0 Å².